The first kappa shape index (κ1) is 22.7. The highest BCUT2D eigenvalue weighted by Gasteiger charge is 2.29. The van der Waals surface area contributed by atoms with Gasteiger partial charge in [0.25, 0.3) is 5.91 Å². The number of carbonyl (C=O) groups excluding carboxylic acids is 2. The van der Waals surface area contributed by atoms with E-state index in [4.69, 9.17) is 0 Å². The highest BCUT2D eigenvalue weighted by molar-refractivity contribution is 5.94. The fourth-order valence-corrected chi connectivity index (χ4v) is 3.54. The van der Waals surface area contributed by atoms with Crippen LogP contribution in [0.1, 0.15) is 36.0 Å². The van der Waals surface area contributed by atoms with E-state index in [9.17, 15) is 9.59 Å². The number of nitrogens with zero attached hydrogens (tertiary/aromatic N) is 2. The number of piperidine rings is 2. The predicted molar refractivity (Wildman–Crippen MR) is 106 cm³/mol. The van der Waals surface area contributed by atoms with Crippen LogP contribution in [0.3, 0.4) is 0 Å². The number of hydrogen-bond donors (Lipinski definition) is 2. The molecule has 2 atom stereocenters. The van der Waals surface area contributed by atoms with Crippen LogP contribution in [0.25, 0.3) is 0 Å². The quantitative estimate of drug-likeness (QED) is 0.806. The van der Waals surface area contributed by atoms with Crippen LogP contribution in [-0.4, -0.2) is 54.4 Å². The molecule has 2 amide bonds. The van der Waals surface area contributed by atoms with E-state index in [1.807, 2.05) is 0 Å². The molecular weight excluding hydrogens is 375 g/mol. The summed E-state index contributed by atoms with van der Waals surface area (Å²) in [7, 11) is 0. The summed E-state index contributed by atoms with van der Waals surface area (Å²) in [4.78, 5) is 30.7. The second-order valence-electron chi connectivity index (χ2n) is 6.78. The molecule has 0 aromatic carbocycles. The van der Waals surface area contributed by atoms with Crippen LogP contribution in [0.15, 0.2) is 24.5 Å². The number of carbonyl (C=O) groups is 2. The molecule has 2 aliphatic rings. The average molecular weight is 403 g/mol. The van der Waals surface area contributed by atoms with Crippen molar-refractivity contribution >= 4 is 36.6 Å². The third kappa shape index (κ3) is 6.11. The second-order valence-corrected chi connectivity index (χ2v) is 6.78. The van der Waals surface area contributed by atoms with Gasteiger partial charge in [0.05, 0.1) is 5.92 Å². The number of amides is 2. The number of aromatic nitrogens is 1. The zero-order valence-corrected chi connectivity index (χ0v) is 16.5. The molecule has 0 saturated carbocycles. The largest absolute Gasteiger partial charge is 0.355 e. The van der Waals surface area contributed by atoms with Crippen molar-refractivity contribution in [1.29, 1.82) is 0 Å². The smallest absolute Gasteiger partial charge is 0.253 e. The van der Waals surface area contributed by atoms with Crippen LogP contribution in [0.5, 0.6) is 0 Å². The minimum atomic E-state index is -0.0962. The van der Waals surface area contributed by atoms with Crippen molar-refractivity contribution in [3.8, 4) is 0 Å². The van der Waals surface area contributed by atoms with Crippen molar-refractivity contribution in [3.05, 3.63) is 30.1 Å². The Labute approximate surface area is 167 Å². The van der Waals surface area contributed by atoms with Crippen molar-refractivity contribution in [2.45, 2.75) is 25.7 Å². The fraction of sp³-hybridized carbons (Fsp3) is 0.611. The van der Waals surface area contributed by atoms with E-state index in [-0.39, 0.29) is 42.5 Å². The maximum absolute atomic E-state index is 12.5. The summed E-state index contributed by atoms with van der Waals surface area (Å²) in [6, 6.07) is 3.45. The maximum Gasteiger partial charge on any atom is 0.253 e. The lowest BCUT2D eigenvalue weighted by molar-refractivity contribution is -0.126. The topological polar surface area (TPSA) is 74.3 Å². The Morgan fingerprint density at radius 1 is 1.19 bits per heavy atom. The normalized spacial score (nSPS) is 22.5. The van der Waals surface area contributed by atoms with Gasteiger partial charge in [-0.1, -0.05) is 0 Å². The fourth-order valence-electron chi connectivity index (χ4n) is 3.54. The van der Waals surface area contributed by atoms with Gasteiger partial charge in [0, 0.05) is 37.6 Å². The number of rotatable bonds is 4. The van der Waals surface area contributed by atoms with Gasteiger partial charge in [-0.25, -0.2) is 0 Å². The highest BCUT2D eigenvalue weighted by atomic mass is 35.5. The van der Waals surface area contributed by atoms with E-state index in [0.29, 0.717) is 18.0 Å². The third-order valence-corrected chi connectivity index (χ3v) is 4.97. The molecule has 1 aromatic heterocycles. The zero-order valence-electron chi connectivity index (χ0n) is 14.9. The van der Waals surface area contributed by atoms with E-state index in [2.05, 4.69) is 15.6 Å². The monoisotopic (exact) mass is 402 g/mol. The Bertz CT molecular complexity index is 568. The standard InChI is InChI=1S/C18H26N4O2.2ClH/c23-17(21-12-14-3-1-7-20-11-14)16-4-2-10-22(13-16)18(24)15-5-8-19-9-6-15;;/h5-6,8-9,14,16,20H,1-4,7,10-13H2,(H,21,23);2*1H. The van der Waals surface area contributed by atoms with E-state index < -0.39 is 0 Å². The molecule has 8 heteroatoms. The number of pyridine rings is 1. The first-order valence-electron chi connectivity index (χ1n) is 8.92. The van der Waals surface area contributed by atoms with Gasteiger partial charge in [0.1, 0.15) is 0 Å². The summed E-state index contributed by atoms with van der Waals surface area (Å²) in [5.74, 6) is 0.515. The van der Waals surface area contributed by atoms with Gasteiger partial charge in [0.15, 0.2) is 0 Å². The predicted octanol–water partition coefficient (Wildman–Crippen LogP) is 1.89. The summed E-state index contributed by atoms with van der Waals surface area (Å²) < 4.78 is 0. The number of halogens is 2. The molecule has 2 fully saturated rings. The van der Waals surface area contributed by atoms with Gasteiger partial charge in [-0.05, 0) is 56.8 Å². The molecule has 0 spiro atoms. The van der Waals surface area contributed by atoms with Gasteiger partial charge < -0.3 is 15.5 Å². The maximum atomic E-state index is 12.5. The van der Waals surface area contributed by atoms with E-state index in [1.54, 1.807) is 29.4 Å². The van der Waals surface area contributed by atoms with Gasteiger partial charge in [-0.2, -0.15) is 0 Å². The SMILES string of the molecule is Cl.Cl.O=C(NCC1CCCNC1)C1CCCN(C(=O)c2ccncc2)C1. The number of nitrogens with one attached hydrogen (secondary N) is 2. The van der Waals surface area contributed by atoms with Crippen LogP contribution in [-0.2, 0) is 4.79 Å². The second kappa shape index (κ2) is 11.4. The molecule has 1 aromatic rings. The number of likely N-dealkylation sites (tertiary alicyclic amines) is 1. The summed E-state index contributed by atoms with van der Waals surface area (Å²) in [5, 5.41) is 6.46. The zero-order chi connectivity index (χ0) is 16.8. The molecule has 2 unspecified atom stereocenters. The van der Waals surface area contributed by atoms with Crippen molar-refractivity contribution in [1.82, 2.24) is 20.5 Å². The van der Waals surface area contributed by atoms with Crippen molar-refractivity contribution in [2.75, 3.05) is 32.7 Å². The molecule has 0 bridgehead atoms. The molecule has 0 aliphatic carbocycles. The van der Waals surface area contributed by atoms with Gasteiger partial charge in [0.2, 0.25) is 5.91 Å². The minimum Gasteiger partial charge on any atom is -0.355 e. The molecule has 6 nitrogen and oxygen atoms in total. The Balaban J connectivity index is 0.00000169. The summed E-state index contributed by atoms with van der Waals surface area (Å²) in [5.41, 5.74) is 0.638. The first-order valence-corrected chi connectivity index (χ1v) is 8.92. The summed E-state index contributed by atoms with van der Waals surface area (Å²) >= 11 is 0. The molecule has 2 saturated heterocycles. The van der Waals surface area contributed by atoms with Crippen molar-refractivity contribution in [3.63, 3.8) is 0 Å². The first-order chi connectivity index (χ1) is 11.7. The van der Waals surface area contributed by atoms with Gasteiger partial charge >= 0.3 is 0 Å². The van der Waals surface area contributed by atoms with E-state index in [0.717, 1.165) is 39.0 Å². The lowest BCUT2D eigenvalue weighted by Crippen LogP contribution is -2.47. The van der Waals surface area contributed by atoms with Crippen molar-refractivity contribution < 1.29 is 9.59 Å². The number of hydrogen-bond acceptors (Lipinski definition) is 4. The van der Waals surface area contributed by atoms with Gasteiger partial charge in [-0.3, -0.25) is 14.6 Å². The van der Waals surface area contributed by atoms with Crippen LogP contribution < -0.4 is 10.6 Å². The lowest BCUT2D eigenvalue weighted by atomic mass is 9.95. The van der Waals surface area contributed by atoms with Crippen LogP contribution in [0.4, 0.5) is 0 Å². The highest BCUT2D eigenvalue weighted by Crippen LogP contribution is 2.19. The molecule has 26 heavy (non-hydrogen) atoms. The van der Waals surface area contributed by atoms with Crippen LogP contribution in [0.2, 0.25) is 0 Å². The van der Waals surface area contributed by atoms with E-state index in [1.165, 1.54) is 12.8 Å². The minimum absolute atomic E-state index is 0. The Kier molecular flexibility index (Phi) is 9.91. The van der Waals surface area contributed by atoms with Crippen molar-refractivity contribution in [2.24, 2.45) is 11.8 Å². The van der Waals surface area contributed by atoms with E-state index >= 15 is 0 Å². The van der Waals surface area contributed by atoms with Crippen LogP contribution in [0, 0.1) is 11.8 Å². The Hall–Kier alpha value is -1.37. The Morgan fingerprint density at radius 2 is 1.96 bits per heavy atom. The summed E-state index contributed by atoms with van der Waals surface area (Å²) in [6.45, 7) is 4.03. The molecule has 0 radical (unpaired) electrons. The average Bonchev–Trinajstić information content (AvgIpc) is 2.67. The Morgan fingerprint density at radius 3 is 2.65 bits per heavy atom. The molecule has 146 valence electrons. The summed E-state index contributed by atoms with van der Waals surface area (Å²) in [6.07, 6.45) is 7.33. The third-order valence-electron chi connectivity index (χ3n) is 4.97. The molecule has 3 rings (SSSR count). The molecule has 2 aliphatic heterocycles. The molecular formula is C18H28Cl2N4O2. The van der Waals surface area contributed by atoms with Crippen LogP contribution >= 0.6 is 24.8 Å². The lowest BCUT2D eigenvalue weighted by Gasteiger charge is -2.32. The molecule has 2 N–H and O–H groups in total. The van der Waals surface area contributed by atoms with Gasteiger partial charge in [-0.15, -0.1) is 24.8 Å². The molecule has 3 heterocycles.